The van der Waals surface area contributed by atoms with Crippen molar-refractivity contribution in [1.82, 2.24) is 4.98 Å². The molecular weight excluding hydrogens is 306 g/mol. The zero-order valence-corrected chi connectivity index (χ0v) is 12.2. The third-order valence-electron chi connectivity index (χ3n) is 2.66. The molecule has 0 aliphatic rings. The zero-order valence-electron chi connectivity index (χ0n) is 11.4. The number of aliphatic carboxylic acids is 1. The summed E-state index contributed by atoms with van der Waals surface area (Å²) in [4.78, 5) is 38.3. The van der Waals surface area contributed by atoms with Gasteiger partial charge in [0.05, 0.1) is 17.7 Å². The van der Waals surface area contributed by atoms with Crippen LogP contribution in [-0.4, -0.2) is 27.9 Å². The maximum Gasteiger partial charge on any atom is 0.303 e. The van der Waals surface area contributed by atoms with E-state index < -0.39 is 17.8 Å². The van der Waals surface area contributed by atoms with Gasteiger partial charge in [-0.2, -0.15) is 0 Å². The molecule has 0 unspecified atom stereocenters. The van der Waals surface area contributed by atoms with Gasteiger partial charge in [0.1, 0.15) is 0 Å². The molecule has 0 aliphatic carbocycles. The van der Waals surface area contributed by atoms with E-state index >= 15 is 0 Å². The third-order valence-corrected chi connectivity index (χ3v) is 3.35. The maximum absolute atomic E-state index is 12.2. The number of aromatic nitrogens is 1. The van der Waals surface area contributed by atoms with Gasteiger partial charge in [-0.05, 0) is 12.1 Å². The number of amides is 2. The second-order valence-electron chi connectivity index (χ2n) is 4.28. The molecule has 1 heterocycles. The Balaban J connectivity index is 2.07. The zero-order chi connectivity index (χ0) is 15.9. The molecule has 8 heteroatoms. The number of carboxylic acid groups (broad SMARTS) is 1. The number of rotatable bonds is 6. The highest BCUT2D eigenvalue weighted by Gasteiger charge is 2.14. The van der Waals surface area contributed by atoms with Crippen molar-refractivity contribution < 1.29 is 19.5 Å². The van der Waals surface area contributed by atoms with Gasteiger partial charge >= 0.3 is 5.97 Å². The molecule has 0 radical (unpaired) electrons. The lowest BCUT2D eigenvalue weighted by Gasteiger charge is -2.10. The molecule has 0 spiro atoms. The fourth-order valence-electron chi connectivity index (χ4n) is 1.67. The van der Waals surface area contributed by atoms with E-state index in [9.17, 15) is 14.4 Å². The molecule has 2 rings (SSSR count). The summed E-state index contributed by atoms with van der Waals surface area (Å²) in [6.45, 7) is 0. The van der Waals surface area contributed by atoms with E-state index in [-0.39, 0.29) is 18.4 Å². The number of anilines is 2. The van der Waals surface area contributed by atoms with Crippen molar-refractivity contribution in [2.45, 2.75) is 12.8 Å². The predicted octanol–water partition coefficient (Wildman–Crippen LogP) is 2.20. The fraction of sp³-hybridized carbons (Fsp3) is 0.143. The molecule has 0 atom stereocenters. The summed E-state index contributed by atoms with van der Waals surface area (Å²) < 4.78 is 0. The molecule has 1 aromatic carbocycles. The number of hydrogen-bond acceptors (Lipinski definition) is 5. The van der Waals surface area contributed by atoms with Gasteiger partial charge in [0.15, 0.2) is 5.13 Å². The molecule has 114 valence electrons. The minimum Gasteiger partial charge on any atom is -0.481 e. The van der Waals surface area contributed by atoms with Crippen molar-refractivity contribution in [2.24, 2.45) is 0 Å². The number of nitrogens with one attached hydrogen (secondary N) is 2. The van der Waals surface area contributed by atoms with E-state index in [1.165, 1.54) is 11.3 Å². The molecule has 1 aromatic heterocycles. The molecule has 0 saturated heterocycles. The molecule has 2 aromatic rings. The van der Waals surface area contributed by atoms with Gasteiger partial charge in [0.25, 0.3) is 5.91 Å². The van der Waals surface area contributed by atoms with Gasteiger partial charge in [-0.3, -0.25) is 19.7 Å². The van der Waals surface area contributed by atoms with Crippen molar-refractivity contribution in [1.29, 1.82) is 0 Å². The van der Waals surface area contributed by atoms with Gasteiger partial charge in [-0.25, -0.2) is 4.98 Å². The van der Waals surface area contributed by atoms with Crippen LogP contribution in [0.3, 0.4) is 0 Å². The Labute approximate surface area is 130 Å². The van der Waals surface area contributed by atoms with Crippen molar-refractivity contribution >= 4 is 39.9 Å². The fourth-order valence-corrected chi connectivity index (χ4v) is 2.20. The van der Waals surface area contributed by atoms with Crippen LogP contribution in [0, 0.1) is 0 Å². The Morgan fingerprint density at radius 2 is 1.91 bits per heavy atom. The number of carbonyl (C=O) groups is 3. The highest BCUT2D eigenvalue weighted by Crippen LogP contribution is 2.18. The molecule has 2 amide bonds. The first-order valence-electron chi connectivity index (χ1n) is 6.38. The summed E-state index contributed by atoms with van der Waals surface area (Å²) in [7, 11) is 0. The summed E-state index contributed by atoms with van der Waals surface area (Å²) >= 11 is 1.28. The Kier molecular flexibility index (Phi) is 5.21. The Morgan fingerprint density at radius 3 is 2.59 bits per heavy atom. The van der Waals surface area contributed by atoms with Crippen LogP contribution in [0.1, 0.15) is 23.2 Å². The van der Waals surface area contributed by atoms with Crippen molar-refractivity contribution in [3.63, 3.8) is 0 Å². The van der Waals surface area contributed by atoms with Gasteiger partial charge < -0.3 is 10.4 Å². The van der Waals surface area contributed by atoms with E-state index in [0.29, 0.717) is 10.8 Å². The number of thiazole rings is 1. The minimum atomic E-state index is -1.05. The number of nitrogens with zero attached hydrogens (tertiary/aromatic N) is 1. The van der Waals surface area contributed by atoms with Crippen LogP contribution in [0.2, 0.25) is 0 Å². The van der Waals surface area contributed by atoms with Gasteiger partial charge in [0, 0.05) is 18.0 Å². The molecule has 7 nitrogen and oxygen atoms in total. The summed E-state index contributed by atoms with van der Waals surface area (Å²) in [5.74, 6) is -1.91. The van der Waals surface area contributed by atoms with E-state index in [2.05, 4.69) is 15.6 Å². The summed E-state index contributed by atoms with van der Waals surface area (Å²) in [6.07, 6.45) is 1.15. The van der Waals surface area contributed by atoms with E-state index in [1.807, 2.05) is 0 Å². The van der Waals surface area contributed by atoms with Gasteiger partial charge in [0.2, 0.25) is 5.91 Å². The second-order valence-corrected chi connectivity index (χ2v) is 5.17. The van der Waals surface area contributed by atoms with Crippen molar-refractivity contribution in [2.75, 3.05) is 10.6 Å². The molecular formula is C14H13N3O4S. The molecule has 3 N–H and O–H groups in total. The van der Waals surface area contributed by atoms with Crippen LogP contribution in [0.15, 0.2) is 35.8 Å². The largest absolute Gasteiger partial charge is 0.481 e. The third kappa shape index (κ3) is 4.38. The van der Waals surface area contributed by atoms with Crippen LogP contribution in [0.4, 0.5) is 10.8 Å². The number of carbonyl (C=O) groups excluding carboxylic acids is 2. The second kappa shape index (κ2) is 7.32. The molecule has 0 saturated carbocycles. The van der Waals surface area contributed by atoms with Crippen molar-refractivity contribution in [3.8, 4) is 0 Å². The smallest absolute Gasteiger partial charge is 0.303 e. The Bertz CT molecular complexity index is 685. The Morgan fingerprint density at radius 1 is 1.14 bits per heavy atom. The standard InChI is InChI=1S/C14H13N3O4S/c18-11(5-6-12(19)20)16-10-4-2-1-3-9(10)13(21)17-14-15-7-8-22-14/h1-4,7-8H,5-6H2,(H,16,18)(H,19,20)(H,15,17,21). The summed E-state index contributed by atoms with van der Waals surface area (Å²) in [6, 6.07) is 6.49. The number of benzene rings is 1. The number of para-hydroxylation sites is 1. The first kappa shape index (κ1) is 15.6. The topological polar surface area (TPSA) is 108 Å². The van der Waals surface area contributed by atoms with Crippen LogP contribution in [0.25, 0.3) is 0 Å². The maximum atomic E-state index is 12.2. The van der Waals surface area contributed by atoms with Gasteiger partial charge in [-0.1, -0.05) is 12.1 Å². The first-order valence-corrected chi connectivity index (χ1v) is 7.26. The van der Waals surface area contributed by atoms with Crippen LogP contribution >= 0.6 is 11.3 Å². The molecule has 0 bridgehead atoms. The lowest BCUT2D eigenvalue weighted by atomic mass is 10.1. The first-order chi connectivity index (χ1) is 10.6. The van der Waals surface area contributed by atoms with Crippen LogP contribution < -0.4 is 10.6 Å². The lowest BCUT2D eigenvalue weighted by Crippen LogP contribution is -2.18. The average Bonchev–Trinajstić information content (AvgIpc) is 2.98. The highest BCUT2D eigenvalue weighted by molar-refractivity contribution is 7.13. The summed E-state index contributed by atoms with van der Waals surface area (Å²) in [5, 5.41) is 15.9. The van der Waals surface area contributed by atoms with Crippen molar-refractivity contribution in [3.05, 3.63) is 41.4 Å². The molecule has 22 heavy (non-hydrogen) atoms. The minimum absolute atomic E-state index is 0.155. The van der Waals surface area contributed by atoms with Crippen LogP contribution in [0.5, 0.6) is 0 Å². The van der Waals surface area contributed by atoms with E-state index in [1.54, 1.807) is 35.8 Å². The molecule has 0 aliphatic heterocycles. The monoisotopic (exact) mass is 319 g/mol. The highest BCUT2D eigenvalue weighted by atomic mass is 32.1. The average molecular weight is 319 g/mol. The lowest BCUT2D eigenvalue weighted by molar-refractivity contribution is -0.138. The van der Waals surface area contributed by atoms with E-state index in [0.717, 1.165) is 0 Å². The normalized spacial score (nSPS) is 10.0. The van der Waals surface area contributed by atoms with Crippen LogP contribution in [-0.2, 0) is 9.59 Å². The van der Waals surface area contributed by atoms with Gasteiger partial charge in [-0.15, -0.1) is 11.3 Å². The number of hydrogen-bond donors (Lipinski definition) is 3. The quantitative estimate of drug-likeness (QED) is 0.756. The SMILES string of the molecule is O=C(O)CCC(=O)Nc1ccccc1C(=O)Nc1nccs1. The molecule has 0 fully saturated rings. The Hall–Kier alpha value is -2.74. The predicted molar refractivity (Wildman–Crippen MR) is 82.0 cm³/mol. The summed E-state index contributed by atoms with van der Waals surface area (Å²) in [5.41, 5.74) is 0.605. The van der Waals surface area contributed by atoms with E-state index in [4.69, 9.17) is 5.11 Å². The number of carboxylic acids is 1.